The van der Waals surface area contributed by atoms with Gasteiger partial charge in [-0.2, -0.15) is 0 Å². The van der Waals surface area contributed by atoms with Crippen LogP contribution >= 0.6 is 0 Å². The van der Waals surface area contributed by atoms with Gasteiger partial charge in [-0.1, -0.05) is 24.3 Å². The second-order valence-corrected chi connectivity index (χ2v) is 6.31. The molecule has 0 bridgehead atoms. The van der Waals surface area contributed by atoms with Gasteiger partial charge in [0.1, 0.15) is 5.41 Å². The van der Waals surface area contributed by atoms with Crippen LogP contribution in [0.5, 0.6) is 0 Å². The number of rotatable bonds is 5. The largest absolute Gasteiger partial charge is 0.480 e. The molecule has 0 aliphatic rings. The van der Waals surface area contributed by atoms with Crippen molar-refractivity contribution in [1.82, 2.24) is 0 Å². The highest BCUT2D eigenvalue weighted by Crippen LogP contribution is 2.34. The molecule has 122 valence electrons. The Morgan fingerprint density at radius 3 is 1.30 bits per heavy atom. The van der Waals surface area contributed by atoms with Crippen LogP contribution in [0.3, 0.4) is 0 Å². The average molecular weight is 312 g/mol. The summed E-state index contributed by atoms with van der Waals surface area (Å²) in [5, 5.41) is 9.88. The first-order valence-electron chi connectivity index (χ1n) is 7.56. The van der Waals surface area contributed by atoms with Crippen molar-refractivity contribution in [1.29, 1.82) is 0 Å². The predicted octanol–water partition coefficient (Wildman–Crippen LogP) is 3.21. The van der Waals surface area contributed by atoms with Crippen molar-refractivity contribution in [3.63, 3.8) is 0 Å². The second kappa shape index (κ2) is 6.32. The van der Waals surface area contributed by atoms with Gasteiger partial charge < -0.3 is 14.9 Å². The van der Waals surface area contributed by atoms with Crippen LogP contribution in [0.15, 0.2) is 48.5 Å². The lowest BCUT2D eigenvalue weighted by atomic mass is 9.76. The Bertz CT molecular complexity index is 622. The molecule has 0 spiro atoms. The van der Waals surface area contributed by atoms with Gasteiger partial charge in [-0.05, 0) is 42.3 Å². The molecular weight excluding hydrogens is 288 g/mol. The Balaban J connectivity index is 2.48. The summed E-state index contributed by atoms with van der Waals surface area (Å²) in [7, 11) is 7.85. The molecule has 0 unspecified atom stereocenters. The van der Waals surface area contributed by atoms with Crippen molar-refractivity contribution in [2.45, 2.75) is 12.3 Å². The standard InChI is InChI=1S/C19H24N2O2/c1-19(18(22)23,14-6-10-16(11-7-14)20(2)3)15-8-12-17(13-9-15)21(4)5/h6-13H,1-5H3,(H,22,23). The Labute approximate surface area is 138 Å². The Morgan fingerprint density at radius 1 is 0.783 bits per heavy atom. The third kappa shape index (κ3) is 3.16. The van der Waals surface area contributed by atoms with E-state index >= 15 is 0 Å². The van der Waals surface area contributed by atoms with Gasteiger partial charge in [0, 0.05) is 39.6 Å². The summed E-state index contributed by atoms with van der Waals surface area (Å²) in [6.07, 6.45) is 0. The van der Waals surface area contributed by atoms with Gasteiger partial charge in [-0.25, -0.2) is 0 Å². The molecule has 0 radical (unpaired) electrons. The number of carboxylic acid groups (broad SMARTS) is 1. The fourth-order valence-electron chi connectivity index (χ4n) is 2.60. The van der Waals surface area contributed by atoms with E-state index in [9.17, 15) is 9.90 Å². The van der Waals surface area contributed by atoms with E-state index in [1.165, 1.54) is 0 Å². The highest BCUT2D eigenvalue weighted by Gasteiger charge is 2.37. The topological polar surface area (TPSA) is 43.8 Å². The quantitative estimate of drug-likeness (QED) is 0.921. The lowest BCUT2D eigenvalue weighted by Crippen LogP contribution is -2.33. The normalized spacial score (nSPS) is 11.2. The van der Waals surface area contributed by atoms with Crippen molar-refractivity contribution < 1.29 is 9.90 Å². The van der Waals surface area contributed by atoms with Crippen molar-refractivity contribution in [3.05, 3.63) is 59.7 Å². The number of carbonyl (C=O) groups is 1. The van der Waals surface area contributed by atoms with Crippen LogP contribution in [-0.4, -0.2) is 39.3 Å². The van der Waals surface area contributed by atoms with Crippen molar-refractivity contribution in [2.24, 2.45) is 0 Å². The smallest absolute Gasteiger partial charge is 0.318 e. The first-order chi connectivity index (χ1) is 10.8. The second-order valence-electron chi connectivity index (χ2n) is 6.31. The Morgan fingerprint density at radius 2 is 1.09 bits per heavy atom. The minimum absolute atomic E-state index is 0.771. The summed E-state index contributed by atoms with van der Waals surface area (Å²) >= 11 is 0. The molecule has 2 rings (SSSR count). The predicted molar refractivity (Wildman–Crippen MR) is 95.6 cm³/mol. The van der Waals surface area contributed by atoms with Gasteiger partial charge in [0.05, 0.1) is 0 Å². The number of aliphatic carboxylic acids is 1. The molecule has 2 aromatic rings. The first kappa shape index (κ1) is 16.9. The van der Waals surface area contributed by atoms with Gasteiger partial charge in [0.25, 0.3) is 0 Å². The van der Waals surface area contributed by atoms with Gasteiger partial charge in [0.2, 0.25) is 0 Å². The van der Waals surface area contributed by atoms with Crippen LogP contribution in [0.25, 0.3) is 0 Å². The molecule has 0 heterocycles. The molecule has 0 amide bonds. The molecule has 4 nitrogen and oxygen atoms in total. The molecule has 0 aliphatic heterocycles. The summed E-state index contributed by atoms with van der Waals surface area (Å²) in [5.74, 6) is -0.854. The molecule has 0 aromatic heterocycles. The zero-order valence-corrected chi connectivity index (χ0v) is 14.4. The van der Waals surface area contributed by atoms with Gasteiger partial charge >= 0.3 is 5.97 Å². The number of hydrogen-bond acceptors (Lipinski definition) is 3. The number of nitrogens with zero attached hydrogens (tertiary/aromatic N) is 2. The number of benzene rings is 2. The van der Waals surface area contributed by atoms with E-state index in [0.29, 0.717) is 0 Å². The molecule has 4 heteroatoms. The van der Waals surface area contributed by atoms with E-state index in [2.05, 4.69) is 0 Å². The monoisotopic (exact) mass is 312 g/mol. The zero-order valence-electron chi connectivity index (χ0n) is 14.4. The van der Waals surface area contributed by atoms with Crippen molar-refractivity contribution in [3.8, 4) is 0 Å². The van der Waals surface area contributed by atoms with Crippen LogP contribution in [0, 0.1) is 0 Å². The van der Waals surface area contributed by atoms with E-state index in [4.69, 9.17) is 0 Å². The maximum atomic E-state index is 12.0. The fraction of sp³-hybridized carbons (Fsp3) is 0.316. The molecule has 2 aromatic carbocycles. The van der Waals surface area contributed by atoms with Gasteiger partial charge in [0.15, 0.2) is 0 Å². The van der Waals surface area contributed by atoms with Crippen molar-refractivity contribution in [2.75, 3.05) is 38.0 Å². The first-order valence-corrected chi connectivity index (χ1v) is 7.56. The van der Waals surface area contributed by atoms with Gasteiger partial charge in [-0.3, -0.25) is 4.79 Å². The average Bonchev–Trinajstić information content (AvgIpc) is 2.54. The third-order valence-electron chi connectivity index (χ3n) is 4.35. The third-order valence-corrected chi connectivity index (χ3v) is 4.35. The molecule has 0 fully saturated rings. The zero-order chi connectivity index (χ0) is 17.2. The van der Waals surface area contributed by atoms with Crippen LogP contribution in [0.2, 0.25) is 0 Å². The Kier molecular flexibility index (Phi) is 4.64. The highest BCUT2D eigenvalue weighted by atomic mass is 16.4. The van der Waals surface area contributed by atoms with E-state index in [1.807, 2.05) is 86.5 Å². The molecule has 1 N–H and O–H groups in total. The summed E-state index contributed by atoms with van der Waals surface area (Å²) in [5.41, 5.74) is 2.56. The minimum atomic E-state index is -1.07. The Hall–Kier alpha value is -2.49. The fourth-order valence-corrected chi connectivity index (χ4v) is 2.60. The number of anilines is 2. The maximum Gasteiger partial charge on any atom is 0.318 e. The lowest BCUT2D eigenvalue weighted by molar-refractivity contribution is -0.141. The van der Waals surface area contributed by atoms with E-state index in [-0.39, 0.29) is 0 Å². The number of hydrogen-bond donors (Lipinski definition) is 1. The molecule has 0 saturated carbocycles. The van der Waals surface area contributed by atoms with E-state index in [0.717, 1.165) is 22.5 Å². The minimum Gasteiger partial charge on any atom is -0.480 e. The summed E-state index contributed by atoms with van der Waals surface area (Å²) in [6, 6.07) is 15.4. The molecule has 0 aliphatic carbocycles. The molecule has 0 saturated heterocycles. The van der Waals surface area contributed by atoms with Gasteiger partial charge in [-0.15, -0.1) is 0 Å². The molecule has 23 heavy (non-hydrogen) atoms. The van der Waals surface area contributed by atoms with Crippen LogP contribution < -0.4 is 9.80 Å². The summed E-state index contributed by atoms with van der Waals surface area (Å²) in [6.45, 7) is 1.75. The maximum absolute atomic E-state index is 12.0. The SMILES string of the molecule is CN(C)c1ccc(C(C)(C(=O)O)c2ccc(N(C)C)cc2)cc1. The lowest BCUT2D eigenvalue weighted by Gasteiger charge is -2.27. The number of carboxylic acids is 1. The van der Waals surface area contributed by atoms with E-state index in [1.54, 1.807) is 6.92 Å². The van der Waals surface area contributed by atoms with Crippen LogP contribution in [-0.2, 0) is 10.2 Å². The molecular formula is C19H24N2O2. The highest BCUT2D eigenvalue weighted by molar-refractivity contribution is 5.85. The van der Waals surface area contributed by atoms with Crippen LogP contribution in [0.4, 0.5) is 11.4 Å². The van der Waals surface area contributed by atoms with E-state index < -0.39 is 11.4 Å². The van der Waals surface area contributed by atoms with Crippen LogP contribution in [0.1, 0.15) is 18.1 Å². The van der Waals surface area contributed by atoms with Crippen molar-refractivity contribution >= 4 is 17.3 Å². The summed E-state index contributed by atoms with van der Waals surface area (Å²) < 4.78 is 0. The summed E-state index contributed by atoms with van der Waals surface area (Å²) in [4.78, 5) is 16.0. The molecule has 0 atom stereocenters.